The van der Waals surface area contributed by atoms with E-state index in [2.05, 4.69) is 20.0 Å². The first-order valence-electron chi connectivity index (χ1n) is 7.09. The summed E-state index contributed by atoms with van der Waals surface area (Å²) in [7, 11) is 0. The van der Waals surface area contributed by atoms with Gasteiger partial charge in [-0.05, 0) is 13.8 Å². The Morgan fingerprint density at radius 2 is 2.00 bits per heavy atom. The average molecular weight is 348 g/mol. The molecule has 0 radical (unpaired) electrons. The van der Waals surface area contributed by atoms with Gasteiger partial charge in [-0.1, -0.05) is 5.21 Å². The molecule has 0 aliphatic rings. The lowest BCUT2D eigenvalue weighted by Crippen LogP contribution is -2.33. The third kappa shape index (κ3) is 3.69. The van der Waals surface area contributed by atoms with Gasteiger partial charge in [-0.25, -0.2) is 14.2 Å². The van der Waals surface area contributed by atoms with Gasteiger partial charge >= 0.3 is 12.1 Å². The van der Waals surface area contributed by atoms with Gasteiger partial charge in [0.2, 0.25) is 0 Å². The Hall–Kier alpha value is -2.50. The average Bonchev–Trinajstić information content (AvgIpc) is 2.94. The third-order valence-electron chi connectivity index (χ3n) is 3.24. The van der Waals surface area contributed by atoms with E-state index < -0.39 is 31.1 Å². The molecular formula is C12H15F3N6O3. The van der Waals surface area contributed by atoms with E-state index >= 15 is 0 Å². The first-order chi connectivity index (χ1) is 11.3. The lowest BCUT2D eigenvalue weighted by atomic mass is 10.3. The largest absolute Gasteiger partial charge is 0.522 e. The zero-order valence-corrected chi connectivity index (χ0v) is 12.9. The van der Waals surface area contributed by atoms with Crippen LogP contribution in [0, 0.1) is 0 Å². The highest BCUT2D eigenvalue weighted by Gasteiger charge is 2.29. The molecule has 2 heterocycles. The molecule has 0 aromatic carbocycles. The van der Waals surface area contributed by atoms with E-state index in [0.29, 0.717) is 17.8 Å². The fraction of sp³-hybridized carbons (Fsp3) is 0.583. The molecule has 2 rings (SSSR count). The van der Waals surface area contributed by atoms with Crippen LogP contribution in [0.25, 0.3) is 5.65 Å². The standard InChI is InChI=1S/C12H15F3N6O3/c1-3-19(4-2)10(22)8-9-17-18-21(5-6-24-12(13,14)15)11(23)20(9)7-16-8/h7H,3-6H2,1-2H3. The van der Waals surface area contributed by atoms with Crippen molar-refractivity contribution in [3.63, 3.8) is 0 Å². The zero-order valence-electron chi connectivity index (χ0n) is 12.9. The maximum atomic E-state index is 12.3. The summed E-state index contributed by atoms with van der Waals surface area (Å²) in [5, 5.41) is 7.25. The van der Waals surface area contributed by atoms with Crippen LogP contribution in [0.3, 0.4) is 0 Å². The van der Waals surface area contributed by atoms with Gasteiger partial charge in [0.25, 0.3) is 5.91 Å². The third-order valence-corrected chi connectivity index (χ3v) is 3.24. The van der Waals surface area contributed by atoms with E-state index in [1.807, 2.05) is 0 Å². The number of carbonyl (C=O) groups excluding carboxylic acids is 1. The lowest BCUT2D eigenvalue weighted by molar-refractivity contribution is -0.325. The summed E-state index contributed by atoms with van der Waals surface area (Å²) in [4.78, 5) is 29.8. The molecule has 0 N–H and O–H groups in total. The van der Waals surface area contributed by atoms with Crippen molar-refractivity contribution in [1.82, 2.24) is 29.3 Å². The Morgan fingerprint density at radius 1 is 1.33 bits per heavy atom. The van der Waals surface area contributed by atoms with Crippen molar-refractivity contribution in [2.45, 2.75) is 26.8 Å². The van der Waals surface area contributed by atoms with Crippen molar-refractivity contribution in [3.8, 4) is 0 Å². The number of halogens is 3. The maximum absolute atomic E-state index is 12.3. The van der Waals surface area contributed by atoms with Gasteiger partial charge in [0.05, 0.1) is 13.2 Å². The minimum absolute atomic E-state index is 0.0398. The van der Waals surface area contributed by atoms with Crippen LogP contribution in [0.15, 0.2) is 11.1 Å². The Bertz CT molecular complexity index is 780. The van der Waals surface area contributed by atoms with Gasteiger partial charge in [0, 0.05) is 13.1 Å². The molecule has 0 saturated carbocycles. The number of alkyl halides is 3. The molecule has 0 atom stereocenters. The normalized spacial score (nSPS) is 11.9. The van der Waals surface area contributed by atoms with Crippen molar-refractivity contribution in [1.29, 1.82) is 0 Å². The van der Waals surface area contributed by atoms with Gasteiger partial charge in [-0.3, -0.25) is 9.53 Å². The van der Waals surface area contributed by atoms with Crippen LogP contribution >= 0.6 is 0 Å². The molecule has 0 aliphatic carbocycles. The first-order valence-corrected chi connectivity index (χ1v) is 7.09. The van der Waals surface area contributed by atoms with Gasteiger partial charge in [-0.15, -0.1) is 18.3 Å². The lowest BCUT2D eigenvalue weighted by Gasteiger charge is -2.16. The monoisotopic (exact) mass is 348 g/mol. The summed E-state index contributed by atoms with van der Waals surface area (Å²) in [5.74, 6) is -0.408. The number of nitrogens with zero attached hydrogens (tertiary/aromatic N) is 6. The van der Waals surface area contributed by atoms with Gasteiger partial charge in [0.1, 0.15) is 6.33 Å². The van der Waals surface area contributed by atoms with E-state index in [4.69, 9.17) is 0 Å². The maximum Gasteiger partial charge on any atom is 0.522 e. The first kappa shape index (κ1) is 17.8. The molecule has 0 fully saturated rings. The van der Waals surface area contributed by atoms with Crippen molar-refractivity contribution in [2.24, 2.45) is 0 Å². The molecule has 2 aromatic heterocycles. The number of hydrogen-bond acceptors (Lipinski definition) is 6. The Kier molecular flexibility index (Phi) is 5.17. The van der Waals surface area contributed by atoms with E-state index in [1.165, 1.54) is 4.90 Å². The van der Waals surface area contributed by atoms with Crippen LogP contribution in [0.1, 0.15) is 24.3 Å². The molecule has 12 heteroatoms. The molecule has 0 unspecified atom stereocenters. The molecule has 0 saturated heterocycles. The van der Waals surface area contributed by atoms with Crippen LogP contribution in [0.2, 0.25) is 0 Å². The predicted molar refractivity (Wildman–Crippen MR) is 74.3 cm³/mol. The second-order valence-corrected chi connectivity index (χ2v) is 4.65. The highest BCUT2D eigenvalue weighted by atomic mass is 19.4. The molecule has 9 nitrogen and oxygen atoms in total. The van der Waals surface area contributed by atoms with Gasteiger partial charge < -0.3 is 4.90 Å². The number of aromatic nitrogens is 5. The van der Waals surface area contributed by atoms with Crippen molar-refractivity contribution in [2.75, 3.05) is 19.7 Å². The predicted octanol–water partition coefficient (Wildman–Crippen LogP) is 0.304. The Balaban J connectivity index is 2.28. The summed E-state index contributed by atoms with van der Waals surface area (Å²) in [6.07, 6.45) is -3.70. The minimum Gasteiger partial charge on any atom is -0.338 e. The molecule has 132 valence electrons. The minimum atomic E-state index is -4.79. The number of hydrogen-bond donors (Lipinski definition) is 0. The quantitative estimate of drug-likeness (QED) is 0.745. The highest BCUT2D eigenvalue weighted by Crippen LogP contribution is 2.15. The topological polar surface area (TPSA) is 94.6 Å². The molecule has 24 heavy (non-hydrogen) atoms. The van der Waals surface area contributed by atoms with Crippen LogP contribution in [0.4, 0.5) is 13.2 Å². The van der Waals surface area contributed by atoms with Crippen molar-refractivity contribution >= 4 is 11.6 Å². The Morgan fingerprint density at radius 3 is 2.58 bits per heavy atom. The fourth-order valence-electron chi connectivity index (χ4n) is 2.04. The van der Waals surface area contributed by atoms with E-state index in [9.17, 15) is 22.8 Å². The van der Waals surface area contributed by atoms with Crippen molar-refractivity contribution in [3.05, 3.63) is 22.5 Å². The number of imidazole rings is 1. The summed E-state index contributed by atoms with van der Waals surface area (Å²) in [6.45, 7) is 3.25. The number of ether oxygens (including phenoxy) is 1. The van der Waals surface area contributed by atoms with Gasteiger partial charge in [-0.2, -0.15) is 4.68 Å². The zero-order chi connectivity index (χ0) is 17.9. The Labute approximate surface area is 133 Å². The molecule has 2 aromatic rings. The molecular weight excluding hydrogens is 333 g/mol. The number of amides is 1. The van der Waals surface area contributed by atoms with Crippen LogP contribution in [-0.2, 0) is 11.3 Å². The van der Waals surface area contributed by atoms with E-state index in [0.717, 1.165) is 10.7 Å². The highest BCUT2D eigenvalue weighted by molar-refractivity contribution is 5.97. The number of fused-ring (bicyclic) bond motifs is 1. The van der Waals surface area contributed by atoms with Gasteiger partial charge in [0.15, 0.2) is 11.3 Å². The molecule has 0 spiro atoms. The fourth-order valence-corrected chi connectivity index (χ4v) is 2.04. The summed E-state index contributed by atoms with van der Waals surface area (Å²) in [5.41, 5.74) is -0.858. The van der Waals surface area contributed by atoms with E-state index in [-0.39, 0.29) is 11.3 Å². The smallest absolute Gasteiger partial charge is 0.338 e. The number of carbonyl (C=O) groups is 1. The molecule has 1 amide bonds. The summed E-state index contributed by atoms with van der Waals surface area (Å²) < 4.78 is 41.1. The van der Waals surface area contributed by atoms with E-state index in [1.54, 1.807) is 13.8 Å². The second kappa shape index (κ2) is 6.95. The summed E-state index contributed by atoms with van der Waals surface area (Å²) >= 11 is 0. The van der Waals surface area contributed by atoms with Crippen LogP contribution in [0.5, 0.6) is 0 Å². The second-order valence-electron chi connectivity index (χ2n) is 4.65. The van der Waals surface area contributed by atoms with Crippen molar-refractivity contribution < 1.29 is 22.7 Å². The molecule has 0 bridgehead atoms. The van der Waals surface area contributed by atoms with Crippen LogP contribution < -0.4 is 5.69 Å². The summed E-state index contributed by atoms with van der Waals surface area (Å²) in [6, 6.07) is 0. The van der Waals surface area contributed by atoms with Crippen LogP contribution in [-0.4, -0.2) is 61.2 Å². The molecule has 0 aliphatic heterocycles. The SMILES string of the molecule is CCN(CC)C(=O)c1ncn2c(=O)n(CCOC(F)(F)F)nnc12. The number of rotatable bonds is 6.